The van der Waals surface area contributed by atoms with E-state index in [9.17, 15) is 10.1 Å². The molecule has 10 heteroatoms. The number of amides is 1. The Hall–Kier alpha value is -2.48. The molecule has 0 spiro atoms. The molecule has 0 fully saturated rings. The monoisotopic (exact) mass is 432 g/mol. The van der Waals surface area contributed by atoms with Crippen molar-refractivity contribution in [3.63, 3.8) is 0 Å². The fraction of sp³-hybridized carbons (Fsp3) is 0.222. The van der Waals surface area contributed by atoms with E-state index in [4.69, 9.17) is 8.83 Å². The maximum atomic E-state index is 12.3. The minimum Gasteiger partial charge on any atom is -0.468 e. The van der Waals surface area contributed by atoms with Gasteiger partial charge in [0.05, 0.1) is 12.0 Å². The zero-order valence-corrected chi connectivity index (χ0v) is 17.5. The summed E-state index contributed by atoms with van der Waals surface area (Å²) < 4.78 is 15.1. The standard InChI is InChI=1S/C18H16N4O3S3/c1-11(2)27-18-21-17(28-22-18)20-16(23)12(9-19)8-13-5-6-15(25-13)26-10-14-4-3-7-24-14/h3-8,11H,10H2,1-2H3,(H,20,21,22,23)/b12-8-. The van der Waals surface area contributed by atoms with Gasteiger partial charge in [-0.2, -0.15) is 14.6 Å². The number of anilines is 1. The molecule has 0 saturated heterocycles. The van der Waals surface area contributed by atoms with Crippen LogP contribution in [0.4, 0.5) is 5.13 Å². The summed E-state index contributed by atoms with van der Waals surface area (Å²) in [5, 5.41) is 13.9. The van der Waals surface area contributed by atoms with E-state index >= 15 is 0 Å². The summed E-state index contributed by atoms with van der Waals surface area (Å²) in [5.41, 5.74) is -0.0785. The van der Waals surface area contributed by atoms with Crippen LogP contribution in [0.5, 0.6) is 0 Å². The van der Waals surface area contributed by atoms with Crippen molar-refractivity contribution in [3.05, 3.63) is 47.6 Å². The summed E-state index contributed by atoms with van der Waals surface area (Å²) in [6.45, 7) is 4.07. The van der Waals surface area contributed by atoms with Crippen LogP contribution < -0.4 is 5.32 Å². The quantitative estimate of drug-likeness (QED) is 0.299. The molecule has 0 radical (unpaired) electrons. The number of aromatic nitrogens is 2. The van der Waals surface area contributed by atoms with Crippen LogP contribution in [0.3, 0.4) is 0 Å². The second kappa shape index (κ2) is 9.64. The van der Waals surface area contributed by atoms with Gasteiger partial charge in [-0.1, -0.05) is 37.4 Å². The van der Waals surface area contributed by atoms with Gasteiger partial charge in [0.2, 0.25) is 10.3 Å². The third kappa shape index (κ3) is 5.76. The van der Waals surface area contributed by atoms with Crippen molar-refractivity contribution >= 4 is 52.2 Å². The average molecular weight is 433 g/mol. The van der Waals surface area contributed by atoms with E-state index in [1.165, 1.54) is 29.6 Å². The van der Waals surface area contributed by atoms with Gasteiger partial charge in [-0.05, 0) is 24.3 Å². The zero-order chi connectivity index (χ0) is 19.9. The summed E-state index contributed by atoms with van der Waals surface area (Å²) in [5.74, 6) is 1.33. The zero-order valence-electron chi connectivity index (χ0n) is 15.0. The number of thioether (sulfide) groups is 2. The number of carbonyl (C=O) groups is 1. The summed E-state index contributed by atoms with van der Waals surface area (Å²) in [4.78, 5) is 16.6. The smallest absolute Gasteiger partial charge is 0.268 e. The molecule has 144 valence electrons. The summed E-state index contributed by atoms with van der Waals surface area (Å²) in [6.07, 6.45) is 3.02. The number of rotatable bonds is 8. The highest BCUT2D eigenvalue weighted by atomic mass is 32.2. The molecule has 3 heterocycles. The van der Waals surface area contributed by atoms with E-state index in [-0.39, 0.29) is 5.57 Å². The first-order chi connectivity index (χ1) is 13.5. The van der Waals surface area contributed by atoms with Crippen LogP contribution in [-0.4, -0.2) is 20.5 Å². The Labute approximate surface area is 174 Å². The van der Waals surface area contributed by atoms with E-state index in [2.05, 4.69) is 14.7 Å². The average Bonchev–Trinajstić information content (AvgIpc) is 3.40. The SMILES string of the molecule is CC(C)Sc1nsc(NC(=O)/C(C#N)=C\c2ccc(SCc3ccco3)o2)n1. The van der Waals surface area contributed by atoms with Gasteiger partial charge in [0.15, 0.2) is 5.09 Å². The van der Waals surface area contributed by atoms with Crippen molar-refractivity contribution in [2.24, 2.45) is 0 Å². The predicted octanol–water partition coefficient (Wildman–Crippen LogP) is 5.06. The van der Waals surface area contributed by atoms with Crippen molar-refractivity contribution < 1.29 is 13.6 Å². The lowest BCUT2D eigenvalue weighted by molar-refractivity contribution is -0.112. The van der Waals surface area contributed by atoms with Gasteiger partial charge >= 0.3 is 0 Å². The van der Waals surface area contributed by atoms with Crippen LogP contribution in [0.15, 0.2) is 55.2 Å². The Kier molecular flexibility index (Phi) is 6.97. The van der Waals surface area contributed by atoms with Crippen LogP contribution >= 0.6 is 35.1 Å². The molecule has 0 aliphatic rings. The Balaban J connectivity index is 1.62. The van der Waals surface area contributed by atoms with E-state index < -0.39 is 5.91 Å². The second-order valence-electron chi connectivity index (χ2n) is 5.70. The maximum Gasteiger partial charge on any atom is 0.268 e. The van der Waals surface area contributed by atoms with Crippen LogP contribution in [-0.2, 0) is 10.5 Å². The molecule has 28 heavy (non-hydrogen) atoms. The first-order valence-corrected chi connectivity index (χ1v) is 10.9. The first kappa shape index (κ1) is 20.3. The summed E-state index contributed by atoms with van der Waals surface area (Å²) >= 11 is 4.04. The van der Waals surface area contributed by atoms with E-state index in [1.807, 2.05) is 32.0 Å². The fourth-order valence-electron chi connectivity index (χ4n) is 2.00. The number of nitrogens with zero attached hydrogens (tertiary/aromatic N) is 3. The molecule has 0 bridgehead atoms. The maximum absolute atomic E-state index is 12.3. The van der Waals surface area contributed by atoms with Gasteiger partial charge in [-0.3, -0.25) is 10.1 Å². The van der Waals surface area contributed by atoms with Gasteiger partial charge in [0.1, 0.15) is 23.2 Å². The van der Waals surface area contributed by atoms with Gasteiger partial charge in [0, 0.05) is 22.9 Å². The van der Waals surface area contributed by atoms with Gasteiger partial charge in [-0.25, -0.2) is 0 Å². The Morgan fingerprint density at radius 2 is 2.29 bits per heavy atom. The molecule has 3 aromatic heterocycles. The third-order valence-corrected chi connectivity index (χ3v) is 5.70. The Morgan fingerprint density at radius 1 is 1.43 bits per heavy atom. The number of furan rings is 2. The molecule has 0 aliphatic carbocycles. The largest absolute Gasteiger partial charge is 0.468 e. The number of nitriles is 1. The molecule has 0 aromatic carbocycles. The number of carbonyl (C=O) groups excluding carboxylic acids is 1. The van der Waals surface area contributed by atoms with E-state index in [0.29, 0.717) is 32.1 Å². The lowest BCUT2D eigenvalue weighted by atomic mass is 10.2. The first-order valence-electron chi connectivity index (χ1n) is 8.22. The number of hydrogen-bond donors (Lipinski definition) is 1. The lowest BCUT2D eigenvalue weighted by Crippen LogP contribution is -2.13. The molecular formula is C18H16N4O3S3. The molecule has 0 saturated carbocycles. The molecule has 3 aromatic rings. The molecule has 3 rings (SSSR count). The molecule has 0 atom stereocenters. The van der Waals surface area contributed by atoms with Crippen molar-refractivity contribution in [1.82, 2.24) is 9.36 Å². The molecular weight excluding hydrogens is 416 g/mol. The summed E-state index contributed by atoms with van der Waals surface area (Å²) in [7, 11) is 0. The lowest BCUT2D eigenvalue weighted by Gasteiger charge is -1.99. The molecule has 0 unspecified atom stereocenters. The normalized spacial score (nSPS) is 11.6. The molecule has 7 nitrogen and oxygen atoms in total. The van der Waals surface area contributed by atoms with Crippen molar-refractivity contribution in [3.8, 4) is 6.07 Å². The topological polar surface area (TPSA) is 105 Å². The predicted molar refractivity (Wildman–Crippen MR) is 110 cm³/mol. The highest BCUT2D eigenvalue weighted by Gasteiger charge is 2.14. The van der Waals surface area contributed by atoms with Crippen molar-refractivity contribution in [1.29, 1.82) is 5.26 Å². The molecule has 1 amide bonds. The van der Waals surface area contributed by atoms with Gasteiger partial charge < -0.3 is 8.83 Å². The number of hydrogen-bond acceptors (Lipinski definition) is 9. The highest BCUT2D eigenvalue weighted by molar-refractivity contribution is 7.99. The van der Waals surface area contributed by atoms with Gasteiger partial charge in [0.25, 0.3) is 5.91 Å². The van der Waals surface area contributed by atoms with E-state index in [1.54, 1.807) is 18.4 Å². The Bertz CT molecular complexity index is 1000. The molecule has 1 N–H and O–H groups in total. The minimum atomic E-state index is -0.555. The van der Waals surface area contributed by atoms with Gasteiger partial charge in [-0.15, -0.1) is 0 Å². The third-order valence-electron chi connectivity index (χ3n) is 3.16. The van der Waals surface area contributed by atoms with Crippen LogP contribution in [0.25, 0.3) is 6.08 Å². The highest BCUT2D eigenvalue weighted by Crippen LogP contribution is 2.27. The summed E-state index contributed by atoms with van der Waals surface area (Å²) in [6, 6.07) is 9.09. The minimum absolute atomic E-state index is 0.0785. The van der Waals surface area contributed by atoms with E-state index in [0.717, 1.165) is 17.3 Å². The van der Waals surface area contributed by atoms with Crippen molar-refractivity contribution in [2.45, 2.75) is 35.1 Å². The second-order valence-corrected chi connectivity index (χ2v) is 8.97. The number of nitrogens with one attached hydrogen (secondary N) is 1. The Morgan fingerprint density at radius 3 is 3.00 bits per heavy atom. The van der Waals surface area contributed by atoms with Crippen LogP contribution in [0.2, 0.25) is 0 Å². The molecule has 0 aliphatic heterocycles. The van der Waals surface area contributed by atoms with Crippen molar-refractivity contribution in [2.75, 3.05) is 5.32 Å². The van der Waals surface area contributed by atoms with Crippen LogP contribution in [0, 0.1) is 11.3 Å². The fourth-order valence-corrected chi connectivity index (χ4v) is 4.15. The van der Waals surface area contributed by atoms with Crippen LogP contribution in [0.1, 0.15) is 25.4 Å².